The minimum atomic E-state index is -0.318. The first-order valence-electron chi connectivity index (χ1n) is 10.9. The summed E-state index contributed by atoms with van der Waals surface area (Å²) in [5.41, 5.74) is 5.78. The number of nitrogens with zero attached hydrogens (tertiary/aromatic N) is 3. The summed E-state index contributed by atoms with van der Waals surface area (Å²) in [5.74, 6) is 1.62. The van der Waals surface area contributed by atoms with E-state index in [1.165, 1.54) is 4.21 Å². The normalized spacial score (nSPS) is 17.9. The van der Waals surface area contributed by atoms with Gasteiger partial charge in [0, 0.05) is 12.1 Å². The molecule has 34 heavy (non-hydrogen) atoms. The Labute approximate surface area is 206 Å². The minimum Gasteiger partial charge on any atom is -0.337 e. The number of rotatable bonds is 8. The van der Waals surface area contributed by atoms with Crippen LogP contribution in [0, 0.1) is 0 Å². The van der Waals surface area contributed by atoms with Gasteiger partial charge in [-0.1, -0.05) is 53.7 Å². The van der Waals surface area contributed by atoms with Gasteiger partial charge < -0.3 is 14.3 Å². The number of thioether (sulfide) groups is 1. The van der Waals surface area contributed by atoms with E-state index >= 15 is 0 Å². The minimum absolute atomic E-state index is 0.0293. The molecule has 0 radical (unpaired) electrons. The molecule has 2 aromatic carbocycles. The van der Waals surface area contributed by atoms with E-state index in [-0.39, 0.29) is 18.0 Å². The van der Waals surface area contributed by atoms with Crippen LogP contribution < -0.4 is 5.48 Å². The molecule has 1 fully saturated rings. The number of benzene rings is 2. The van der Waals surface area contributed by atoms with E-state index < -0.39 is 0 Å². The largest absolute Gasteiger partial charge is 0.337 e. The van der Waals surface area contributed by atoms with Crippen molar-refractivity contribution in [3.63, 3.8) is 0 Å². The molecular formula is C25H24N4O3S2. The van der Waals surface area contributed by atoms with E-state index in [0.717, 1.165) is 11.1 Å². The van der Waals surface area contributed by atoms with Crippen LogP contribution in [0.1, 0.15) is 34.5 Å². The highest BCUT2D eigenvalue weighted by Crippen LogP contribution is 2.34. The summed E-state index contributed by atoms with van der Waals surface area (Å²) in [6.45, 7) is 0.486. The molecule has 2 aromatic heterocycles. The lowest BCUT2D eigenvalue weighted by Gasteiger charge is -2.22. The highest BCUT2D eigenvalue weighted by molar-refractivity contribution is 8.00. The molecule has 0 bridgehead atoms. The van der Waals surface area contributed by atoms with Crippen LogP contribution in [-0.4, -0.2) is 40.6 Å². The average Bonchev–Trinajstić information content (AvgIpc) is 3.64. The van der Waals surface area contributed by atoms with Crippen molar-refractivity contribution in [2.24, 2.45) is 0 Å². The Morgan fingerprint density at radius 3 is 2.68 bits per heavy atom. The highest BCUT2D eigenvalue weighted by Gasteiger charge is 2.40. The van der Waals surface area contributed by atoms with Gasteiger partial charge in [0.15, 0.2) is 5.82 Å². The number of aromatic nitrogens is 2. The summed E-state index contributed by atoms with van der Waals surface area (Å²) >= 11 is 3.35. The molecule has 5 rings (SSSR count). The van der Waals surface area contributed by atoms with Gasteiger partial charge in [0.1, 0.15) is 6.04 Å². The topological polar surface area (TPSA) is 80.5 Å². The standard InChI is InChI=1S/C25H24N4O3S2/c1-31-27-20-14-21(24-26-22(28-32-24)16-34-23-8-5-13-33-23)29(15-20)25(30)19-11-9-18(10-12-19)17-6-3-2-4-7-17/h2-13,20-21,27H,14-16H2,1H3/t20?,21-/m0/s1. The monoisotopic (exact) mass is 492 g/mol. The Hall–Kier alpha value is -2.98. The first-order chi connectivity index (χ1) is 16.7. The first-order valence-corrected chi connectivity index (χ1v) is 12.8. The molecule has 1 aliphatic rings. The van der Waals surface area contributed by atoms with Gasteiger partial charge >= 0.3 is 0 Å². The van der Waals surface area contributed by atoms with Gasteiger partial charge in [0.05, 0.1) is 23.1 Å². The summed E-state index contributed by atoms with van der Waals surface area (Å²) in [7, 11) is 1.58. The van der Waals surface area contributed by atoms with Crippen molar-refractivity contribution >= 4 is 29.0 Å². The molecule has 1 N–H and O–H groups in total. The van der Waals surface area contributed by atoms with Crippen LogP contribution in [0.2, 0.25) is 0 Å². The van der Waals surface area contributed by atoms with E-state index in [2.05, 4.69) is 33.8 Å². The van der Waals surface area contributed by atoms with Crippen LogP contribution in [0.15, 0.2) is 80.8 Å². The molecule has 1 aliphatic heterocycles. The second kappa shape index (κ2) is 10.5. The second-order valence-electron chi connectivity index (χ2n) is 7.94. The summed E-state index contributed by atoms with van der Waals surface area (Å²) in [5, 5.41) is 6.19. The van der Waals surface area contributed by atoms with Crippen molar-refractivity contribution in [1.29, 1.82) is 0 Å². The average molecular weight is 493 g/mol. The maximum Gasteiger partial charge on any atom is 0.254 e. The third-order valence-electron chi connectivity index (χ3n) is 5.69. The Balaban J connectivity index is 1.33. The zero-order valence-electron chi connectivity index (χ0n) is 18.6. The Kier molecular flexibility index (Phi) is 7.05. The Bertz CT molecular complexity index is 1210. The smallest absolute Gasteiger partial charge is 0.254 e. The van der Waals surface area contributed by atoms with Crippen molar-refractivity contribution in [3.05, 3.63) is 89.4 Å². The van der Waals surface area contributed by atoms with E-state index in [9.17, 15) is 4.79 Å². The zero-order valence-corrected chi connectivity index (χ0v) is 20.2. The van der Waals surface area contributed by atoms with Crippen LogP contribution in [0.5, 0.6) is 0 Å². The summed E-state index contributed by atoms with van der Waals surface area (Å²) in [6.07, 6.45) is 0.626. The third-order valence-corrected chi connectivity index (χ3v) is 7.82. The van der Waals surface area contributed by atoms with Gasteiger partial charge in [0.2, 0.25) is 5.89 Å². The predicted molar refractivity (Wildman–Crippen MR) is 132 cm³/mol. The molecule has 3 heterocycles. The molecule has 4 aromatic rings. The number of carbonyl (C=O) groups excluding carboxylic acids is 1. The predicted octanol–water partition coefficient (Wildman–Crippen LogP) is 5.20. The fourth-order valence-corrected chi connectivity index (χ4v) is 5.72. The van der Waals surface area contributed by atoms with E-state index in [1.54, 1.807) is 35.1 Å². The molecule has 9 heteroatoms. The summed E-state index contributed by atoms with van der Waals surface area (Å²) < 4.78 is 6.81. The van der Waals surface area contributed by atoms with Gasteiger partial charge in [-0.2, -0.15) is 10.5 Å². The van der Waals surface area contributed by atoms with Crippen LogP contribution >= 0.6 is 23.1 Å². The number of thiophene rings is 1. The molecule has 7 nitrogen and oxygen atoms in total. The van der Waals surface area contributed by atoms with Crippen LogP contribution in [0.4, 0.5) is 0 Å². The Morgan fingerprint density at radius 1 is 1.15 bits per heavy atom. The lowest BCUT2D eigenvalue weighted by molar-refractivity contribution is 0.0589. The van der Waals surface area contributed by atoms with E-state index in [1.807, 2.05) is 53.9 Å². The SMILES string of the molecule is CONC1C[C@@H](c2nc(CSc3cccs3)no2)N(C(=O)c2ccc(-c3ccccc3)cc2)C1. The van der Waals surface area contributed by atoms with Crippen LogP contribution in [0.25, 0.3) is 11.1 Å². The number of hydroxylamine groups is 1. The maximum atomic E-state index is 13.5. The van der Waals surface area contributed by atoms with Crippen LogP contribution in [0.3, 0.4) is 0 Å². The fraction of sp³-hybridized carbons (Fsp3) is 0.240. The Morgan fingerprint density at radius 2 is 1.94 bits per heavy atom. The van der Waals surface area contributed by atoms with Gasteiger partial charge in [-0.3, -0.25) is 4.79 Å². The van der Waals surface area contributed by atoms with Crippen molar-refractivity contribution in [3.8, 4) is 11.1 Å². The molecule has 1 amide bonds. The van der Waals surface area contributed by atoms with Crippen molar-refractivity contribution < 1.29 is 14.2 Å². The van der Waals surface area contributed by atoms with Crippen molar-refractivity contribution in [2.75, 3.05) is 13.7 Å². The lowest BCUT2D eigenvalue weighted by atomic mass is 10.0. The van der Waals surface area contributed by atoms with Crippen molar-refractivity contribution in [1.82, 2.24) is 20.5 Å². The van der Waals surface area contributed by atoms with Gasteiger partial charge in [0.25, 0.3) is 5.91 Å². The number of likely N-dealkylation sites (tertiary alicyclic amines) is 1. The molecule has 0 saturated carbocycles. The number of amides is 1. The van der Waals surface area contributed by atoms with Crippen molar-refractivity contribution in [2.45, 2.75) is 28.5 Å². The quantitative estimate of drug-likeness (QED) is 0.268. The molecular weight excluding hydrogens is 468 g/mol. The van der Waals surface area contributed by atoms with Gasteiger partial charge in [-0.15, -0.1) is 23.1 Å². The number of hydrogen-bond acceptors (Lipinski definition) is 8. The molecule has 0 aliphatic carbocycles. The second-order valence-corrected chi connectivity index (χ2v) is 10.2. The zero-order chi connectivity index (χ0) is 23.3. The number of nitrogens with one attached hydrogen (secondary N) is 1. The maximum absolute atomic E-state index is 13.5. The number of carbonyl (C=O) groups is 1. The number of hydrogen-bond donors (Lipinski definition) is 1. The van der Waals surface area contributed by atoms with Gasteiger partial charge in [-0.05, 0) is 41.1 Å². The highest BCUT2D eigenvalue weighted by atomic mass is 32.2. The molecule has 2 atom stereocenters. The van der Waals surface area contributed by atoms with Crippen LogP contribution in [-0.2, 0) is 10.6 Å². The molecule has 0 spiro atoms. The molecule has 1 saturated heterocycles. The summed E-state index contributed by atoms with van der Waals surface area (Å²) in [4.78, 5) is 25.0. The lowest BCUT2D eigenvalue weighted by Crippen LogP contribution is -2.35. The molecule has 174 valence electrons. The first kappa shape index (κ1) is 22.8. The van der Waals surface area contributed by atoms with E-state index in [0.29, 0.717) is 36.0 Å². The van der Waals surface area contributed by atoms with Gasteiger partial charge in [-0.25, -0.2) is 0 Å². The fourth-order valence-electron chi connectivity index (χ4n) is 4.09. The molecule has 1 unspecified atom stereocenters. The van der Waals surface area contributed by atoms with E-state index in [4.69, 9.17) is 9.36 Å². The summed E-state index contributed by atoms with van der Waals surface area (Å²) in [6, 6.07) is 21.5. The third kappa shape index (κ3) is 5.07.